The monoisotopic (exact) mass is 501 g/mol. The Morgan fingerprint density at radius 3 is 2.49 bits per heavy atom. The molecule has 0 N–H and O–H groups in total. The van der Waals surface area contributed by atoms with Gasteiger partial charge >= 0.3 is 0 Å². The van der Waals surface area contributed by atoms with Crippen molar-refractivity contribution < 1.29 is 9.53 Å². The number of para-hydroxylation sites is 1. The normalized spacial score (nSPS) is 16.1. The van der Waals surface area contributed by atoms with Crippen molar-refractivity contribution in [2.45, 2.75) is 13.5 Å². The molecule has 0 radical (unpaired) electrons. The minimum atomic E-state index is -0.0284. The van der Waals surface area contributed by atoms with Gasteiger partial charge in [-0.2, -0.15) is 0 Å². The molecule has 0 unspecified atom stereocenters. The molecule has 1 aromatic heterocycles. The zero-order chi connectivity index (χ0) is 24.4. The summed E-state index contributed by atoms with van der Waals surface area (Å²) in [4.78, 5) is 20.3. The number of hydrogen-bond donors (Lipinski definition) is 0. The molecule has 0 atom stereocenters. The molecule has 1 fully saturated rings. The number of nitrogens with zero attached hydrogens (tertiary/aromatic N) is 3. The van der Waals surface area contributed by atoms with Crippen LogP contribution in [0.25, 0.3) is 17.0 Å². The summed E-state index contributed by atoms with van der Waals surface area (Å²) >= 11 is 7.46. The van der Waals surface area contributed by atoms with Gasteiger partial charge in [0.2, 0.25) is 0 Å². The van der Waals surface area contributed by atoms with Crippen LogP contribution in [0.3, 0.4) is 0 Å². The molecule has 0 spiro atoms. The molecule has 4 aromatic rings. The van der Waals surface area contributed by atoms with Crippen LogP contribution in [0.5, 0.6) is 5.75 Å². The Morgan fingerprint density at radius 1 is 1.03 bits per heavy atom. The quantitative estimate of drug-likeness (QED) is 0.268. The summed E-state index contributed by atoms with van der Waals surface area (Å²) in [6.07, 6.45) is 4.09. The summed E-state index contributed by atoms with van der Waals surface area (Å²) in [5.74, 6) is 0.742. The number of aromatic nitrogens is 1. The molecule has 0 saturated carbocycles. The molecule has 35 heavy (non-hydrogen) atoms. The van der Waals surface area contributed by atoms with Crippen molar-refractivity contribution in [2.24, 2.45) is 4.99 Å². The van der Waals surface area contributed by atoms with Crippen molar-refractivity contribution in [1.29, 1.82) is 0 Å². The van der Waals surface area contributed by atoms with E-state index >= 15 is 0 Å². The number of methoxy groups -OCH3 is 1. The van der Waals surface area contributed by atoms with Crippen LogP contribution in [0.2, 0.25) is 5.02 Å². The average Bonchev–Trinajstić information content (AvgIpc) is 3.37. The highest BCUT2D eigenvalue weighted by Crippen LogP contribution is 2.36. The molecule has 0 aliphatic carbocycles. The van der Waals surface area contributed by atoms with Crippen molar-refractivity contribution in [1.82, 2.24) is 9.47 Å². The molecule has 1 aliphatic rings. The SMILES string of the molecule is CCN1C(=O)/C(=C\c2cn(Cc3ccc(Cl)cc3)c3ccccc23)SC1=Nc1ccc(OC)cc1. The van der Waals surface area contributed by atoms with Crippen LogP contribution in [0.15, 0.2) is 88.9 Å². The Balaban J connectivity index is 1.49. The molecular formula is C28H24ClN3O2S. The highest BCUT2D eigenvalue weighted by molar-refractivity contribution is 8.18. The van der Waals surface area contributed by atoms with Crippen LogP contribution < -0.4 is 4.74 Å². The van der Waals surface area contributed by atoms with Gasteiger partial charge in [0.15, 0.2) is 5.17 Å². The van der Waals surface area contributed by atoms with Gasteiger partial charge in [0.1, 0.15) is 5.75 Å². The number of halogens is 1. The topological polar surface area (TPSA) is 46.8 Å². The Kier molecular flexibility index (Phi) is 6.66. The van der Waals surface area contributed by atoms with E-state index < -0.39 is 0 Å². The third-order valence-corrected chi connectivity index (χ3v) is 7.13. The largest absolute Gasteiger partial charge is 0.497 e. The second kappa shape index (κ2) is 10.0. The summed E-state index contributed by atoms with van der Waals surface area (Å²) in [5, 5.41) is 2.51. The number of fused-ring (bicyclic) bond motifs is 1. The molecule has 5 nitrogen and oxygen atoms in total. The molecular weight excluding hydrogens is 478 g/mol. The minimum Gasteiger partial charge on any atom is -0.497 e. The number of carbonyl (C=O) groups is 1. The predicted octanol–water partition coefficient (Wildman–Crippen LogP) is 6.98. The lowest BCUT2D eigenvalue weighted by molar-refractivity contribution is -0.122. The molecule has 5 rings (SSSR count). The molecule has 176 valence electrons. The Labute approximate surface area is 213 Å². The fourth-order valence-corrected chi connectivity index (χ4v) is 5.27. The van der Waals surface area contributed by atoms with Gasteiger partial charge in [-0.15, -0.1) is 0 Å². The highest BCUT2D eigenvalue weighted by Gasteiger charge is 2.32. The summed E-state index contributed by atoms with van der Waals surface area (Å²) in [6.45, 7) is 3.23. The van der Waals surface area contributed by atoms with Gasteiger partial charge in [0, 0.05) is 40.8 Å². The first-order valence-corrected chi connectivity index (χ1v) is 12.5. The third-order valence-electron chi connectivity index (χ3n) is 5.87. The maximum Gasteiger partial charge on any atom is 0.266 e. The van der Waals surface area contributed by atoms with Gasteiger partial charge < -0.3 is 9.30 Å². The van der Waals surface area contributed by atoms with Gasteiger partial charge in [0.05, 0.1) is 17.7 Å². The van der Waals surface area contributed by atoms with Crippen molar-refractivity contribution in [3.8, 4) is 5.75 Å². The lowest BCUT2D eigenvalue weighted by Gasteiger charge is -2.12. The van der Waals surface area contributed by atoms with Crippen LogP contribution in [0.4, 0.5) is 5.69 Å². The van der Waals surface area contributed by atoms with Crippen molar-refractivity contribution in [2.75, 3.05) is 13.7 Å². The lowest BCUT2D eigenvalue weighted by Crippen LogP contribution is -2.28. The van der Waals surface area contributed by atoms with Gasteiger partial charge in [-0.1, -0.05) is 41.9 Å². The summed E-state index contributed by atoms with van der Waals surface area (Å²) < 4.78 is 7.43. The summed E-state index contributed by atoms with van der Waals surface area (Å²) in [5.41, 5.74) is 4.06. The number of thioether (sulfide) groups is 1. The van der Waals surface area contributed by atoms with E-state index in [0.29, 0.717) is 23.2 Å². The zero-order valence-corrected chi connectivity index (χ0v) is 21.0. The summed E-state index contributed by atoms with van der Waals surface area (Å²) in [7, 11) is 1.63. The number of rotatable bonds is 6. The van der Waals surface area contributed by atoms with Gasteiger partial charge in [-0.3, -0.25) is 9.69 Å². The number of ether oxygens (including phenoxy) is 1. The second-order valence-electron chi connectivity index (χ2n) is 8.11. The minimum absolute atomic E-state index is 0.0284. The van der Waals surface area contributed by atoms with Gasteiger partial charge in [-0.05, 0) is 72.8 Å². The lowest BCUT2D eigenvalue weighted by atomic mass is 10.1. The van der Waals surface area contributed by atoms with Gasteiger partial charge in [0.25, 0.3) is 5.91 Å². The van der Waals surface area contributed by atoms with E-state index in [2.05, 4.69) is 22.9 Å². The van der Waals surface area contributed by atoms with Crippen molar-refractivity contribution in [3.63, 3.8) is 0 Å². The van der Waals surface area contributed by atoms with E-state index in [9.17, 15) is 4.79 Å². The first-order chi connectivity index (χ1) is 17.1. The van der Waals surface area contributed by atoms with Crippen molar-refractivity contribution >= 4 is 57.1 Å². The molecule has 3 aromatic carbocycles. The van der Waals surface area contributed by atoms with Crippen LogP contribution in [-0.4, -0.2) is 34.2 Å². The second-order valence-corrected chi connectivity index (χ2v) is 9.55. The number of amides is 1. The predicted molar refractivity (Wildman–Crippen MR) is 146 cm³/mol. The number of carbonyl (C=O) groups excluding carboxylic acids is 1. The molecule has 1 aliphatic heterocycles. The fourth-order valence-electron chi connectivity index (χ4n) is 4.09. The number of benzene rings is 3. The standard InChI is InChI=1S/C28H24ClN3O2S/c1-3-32-27(33)26(35-28(32)30-22-12-14-23(34-2)15-13-22)16-20-18-31(25-7-5-4-6-24(20)25)17-19-8-10-21(29)11-9-19/h4-16,18H,3,17H2,1-2H3/b26-16+,30-28?. The Hall–Kier alpha value is -3.48. The van der Waals surface area contributed by atoms with Crippen LogP contribution in [0.1, 0.15) is 18.1 Å². The van der Waals surface area contributed by atoms with E-state index in [1.807, 2.05) is 73.7 Å². The van der Waals surface area contributed by atoms with E-state index in [1.165, 1.54) is 11.8 Å². The highest BCUT2D eigenvalue weighted by atomic mass is 35.5. The van der Waals surface area contributed by atoms with Crippen LogP contribution in [0, 0.1) is 0 Å². The number of amidine groups is 1. The number of hydrogen-bond acceptors (Lipinski definition) is 4. The average molecular weight is 502 g/mol. The van der Waals surface area contributed by atoms with E-state index in [-0.39, 0.29) is 5.91 Å². The van der Waals surface area contributed by atoms with Crippen LogP contribution >= 0.6 is 23.4 Å². The number of likely N-dealkylation sites (N-methyl/N-ethyl adjacent to an activating group) is 1. The van der Waals surface area contributed by atoms with Gasteiger partial charge in [-0.25, -0.2) is 4.99 Å². The molecule has 0 bridgehead atoms. The van der Waals surface area contributed by atoms with E-state index in [0.717, 1.165) is 38.5 Å². The van der Waals surface area contributed by atoms with E-state index in [4.69, 9.17) is 21.3 Å². The maximum atomic E-state index is 13.2. The molecule has 2 heterocycles. The fraction of sp³-hybridized carbons (Fsp3) is 0.143. The first kappa shape index (κ1) is 23.3. The smallest absolute Gasteiger partial charge is 0.266 e. The maximum absolute atomic E-state index is 13.2. The van der Waals surface area contributed by atoms with Crippen molar-refractivity contribution in [3.05, 3.63) is 100 Å². The van der Waals surface area contributed by atoms with E-state index in [1.54, 1.807) is 12.0 Å². The molecule has 1 amide bonds. The number of aliphatic imine (C=N–C) groups is 1. The Morgan fingerprint density at radius 2 is 1.77 bits per heavy atom. The molecule has 1 saturated heterocycles. The first-order valence-electron chi connectivity index (χ1n) is 11.3. The molecule has 7 heteroatoms. The summed E-state index contributed by atoms with van der Waals surface area (Å²) in [6, 6.07) is 23.6. The van der Waals surface area contributed by atoms with Crippen LogP contribution in [-0.2, 0) is 11.3 Å². The zero-order valence-electron chi connectivity index (χ0n) is 19.4. The Bertz CT molecular complexity index is 1440. The third kappa shape index (κ3) is 4.85.